The van der Waals surface area contributed by atoms with Crippen LogP contribution in [0.15, 0.2) is 36.4 Å². The Labute approximate surface area is 167 Å². The molecule has 3 rings (SSSR count). The van der Waals surface area contributed by atoms with Crippen LogP contribution in [0.1, 0.15) is 10.4 Å². The number of nitrogens with zero attached hydrogens (tertiary/aromatic N) is 2. The molecular weight excluding hydrogens is 381 g/mol. The van der Waals surface area contributed by atoms with Gasteiger partial charge >= 0.3 is 0 Å². The number of nitrogens with one attached hydrogen (secondary N) is 1. The average Bonchev–Trinajstić information content (AvgIpc) is 3.09. The minimum atomic E-state index is -0.321. The van der Waals surface area contributed by atoms with Crippen LogP contribution in [0.5, 0.6) is 11.5 Å². The minimum absolute atomic E-state index is 0.193. The molecule has 0 radical (unpaired) electrons. The molecule has 0 fully saturated rings. The number of hydrogen-bond acceptors (Lipinski definition) is 5. The summed E-state index contributed by atoms with van der Waals surface area (Å²) in [6.07, 6.45) is 0. The number of anilines is 1. The van der Waals surface area contributed by atoms with Gasteiger partial charge in [0.25, 0.3) is 5.91 Å². The minimum Gasteiger partial charge on any atom is -0.493 e. The number of benzene rings is 2. The standard InChI is InChI=1S/C20H22FN3O3S/c1-23(2)9-10-24(20-22-15-7-6-14(21)12-18(15)28-20)19(25)13-5-8-16(26-3)17(11-13)27-4/h5-8,11-12H,9-10H2,1-4H3/p+1. The SMILES string of the molecule is COc1ccc(C(=O)N(CC[NH+](C)C)c2nc3ccc(F)cc3s2)cc1OC. The van der Waals surface area contributed by atoms with Crippen molar-refractivity contribution < 1.29 is 23.6 Å². The molecule has 148 valence electrons. The summed E-state index contributed by atoms with van der Waals surface area (Å²) in [5, 5.41) is 0.543. The molecule has 6 nitrogen and oxygen atoms in total. The fraction of sp³-hybridized carbons (Fsp3) is 0.300. The van der Waals surface area contributed by atoms with E-state index < -0.39 is 0 Å². The Morgan fingerprint density at radius 1 is 1.14 bits per heavy atom. The van der Waals surface area contributed by atoms with Crippen molar-refractivity contribution in [1.82, 2.24) is 4.98 Å². The molecule has 3 aromatic rings. The monoisotopic (exact) mass is 404 g/mol. The number of amides is 1. The van der Waals surface area contributed by atoms with Crippen molar-refractivity contribution in [1.29, 1.82) is 0 Å². The Bertz CT molecular complexity index is 990. The van der Waals surface area contributed by atoms with Crippen molar-refractivity contribution in [3.63, 3.8) is 0 Å². The van der Waals surface area contributed by atoms with E-state index in [1.807, 2.05) is 14.1 Å². The van der Waals surface area contributed by atoms with Crippen molar-refractivity contribution in [2.24, 2.45) is 0 Å². The molecule has 1 amide bonds. The van der Waals surface area contributed by atoms with Crippen LogP contribution in [0.4, 0.5) is 9.52 Å². The Hall–Kier alpha value is -2.71. The average molecular weight is 404 g/mol. The number of ether oxygens (including phenoxy) is 2. The van der Waals surface area contributed by atoms with Crippen LogP contribution >= 0.6 is 11.3 Å². The molecule has 0 saturated carbocycles. The van der Waals surface area contributed by atoms with E-state index in [1.165, 1.54) is 35.5 Å². The van der Waals surface area contributed by atoms with Gasteiger partial charge in [0.1, 0.15) is 5.82 Å². The van der Waals surface area contributed by atoms with Crippen LogP contribution in [-0.4, -0.2) is 52.3 Å². The van der Waals surface area contributed by atoms with Gasteiger partial charge in [-0.25, -0.2) is 9.37 Å². The quantitative estimate of drug-likeness (QED) is 0.656. The van der Waals surface area contributed by atoms with Gasteiger partial charge in [-0.05, 0) is 36.4 Å². The maximum Gasteiger partial charge on any atom is 0.260 e. The van der Waals surface area contributed by atoms with Gasteiger partial charge in [-0.15, -0.1) is 0 Å². The van der Waals surface area contributed by atoms with Gasteiger partial charge < -0.3 is 14.4 Å². The molecule has 0 spiro atoms. The number of thiazole rings is 1. The molecule has 0 aliphatic carbocycles. The van der Waals surface area contributed by atoms with Crippen LogP contribution in [0.25, 0.3) is 10.2 Å². The molecular formula is C20H23FN3O3S+. The molecule has 1 N–H and O–H groups in total. The van der Waals surface area contributed by atoms with E-state index in [9.17, 15) is 9.18 Å². The highest BCUT2D eigenvalue weighted by atomic mass is 32.1. The van der Waals surface area contributed by atoms with E-state index in [0.29, 0.717) is 39.0 Å². The summed E-state index contributed by atoms with van der Waals surface area (Å²) in [5.41, 5.74) is 1.14. The predicted molar refractivity (Wildman–Crippen MR) is 108 cm³/mol. The number of carbonyl (C=O) groups is 1. The molecule has 0 unspecified atom stereocenters. The van der Waals surface area contributed by atoms with Gasteiger partial charge in [0, 0.05) is 5.56 Å². The second-order valence-corrected chi connectivity index (χ2v) is 7.60. The van der Waals surface area contributed by atoms with Gasteiger partial charge in [-0.1, -0.05) is 11.3 Å². The fourth-order valence-corrected chi connectivity index (χ4v) is 3.76. The van der Waals surface area contributed by atoms with Gasteiger partial charge in [0.2, 0.25) is 0 Å². The predicted octanol–water partition coefficient (Wildman–Crippen LogP) is 2.24. The summed E-state index contributed by atoms with van der Waals surface area (Å²) < 4.78 is 24.8. The van der Waals surface area contributed by atoms with E-state index in [2.05, 4.69) is 4.98 Å². The van der Waals surface area contributed by atoms with Crippen LogP contribution in [-0.2, 0) is 0 Å². The van der Waals surface area contributed by atoms with Gasteiger partial charge in [0.05, 0.1) is 51.6 Å². The van der Waals surface area contributed by atoms with Crippen LogP contribution in [0, 0.1) is 5.82 Å². The molecule has 0 bridgehead atoms. The first-order valence-corrected chi connectivity index (χ1v) is 9.63. The summed E-state index contributed by atoms with van der Waals surface area (Å²) in [6, 6.07) is 9.50. The Balaban J connectivity index is 1.99. The van der Waals surface area contributed by atoms with Gasteiger partial charge in [-0.3, -0.25) is 9.69 Å². The largest absolute Gasteiger partial charge is 0.493 e. The molecule has 0 aliphatic heterocycles. The number of carbonyl (C=O) groups excluding carboxylic acids is 1. The number of fused-ring (bicyclic) bond motifs is 1. The lowest BCUT2D eigenvalue weighted by molar-refractivity contribution is -0.856. The highest BCUT2D eigenvalue weighted by molar-refractivity contribution is 7.22. The van der Waals surface area contributed by atoms with E-state index in [1.54, 1.807) is 36.3 Å². The smallest absolute Gasteiger partial charge is 0.260 e. The number of methoxy groups -OCH3 is 2. The molecule has 1 aromatic heterocycles. The highest BCUT2D eigenvalue weighted by Crippen LogP contribution is 2.32. The maximum atomic E-state index is 13.5. The van der Waals surface area contributed by atoms with Crippen molar-refractivity contribution in [2.75, 3.05) is 46.3 Å². The number of quaternary nitrogens is 1. The molecule has 0 aliphatic rings. The lowest BCUT2D eigenvalue weighted by Gasteiger charge is -2.21. The van der Waals surface area contributed by atoms with Crippen LogP contribution < -0.4 is 19.3 Å². The van der Waals surface area contributed by atoms with E-state index in [0.717, 1.165) is 6.54 Å². The van der Waals surface area contributed by atoms with Gasteiger partial charge in [-0.2, -0.15) is 0 Å². The molecule has 0 saturated heterocycles. The lowest BCUT2D eigenvalue weighted by atomic mass is 10.1. The normalized spacial score (nSPS) is 11.1. The topological polar surface area (TPSA) is 56.1 Å². The molecule has 28 heavy (non-hydrogen) atoms. The van der Waals surface area contributed by atoms with Gasteiger partial charge in [0.15, 0.2) is 16.6 Å². The van der Waals surface area contributed by atoms with Crippen molar-refractivity contribution in [3.8, 4) is 11.5 Å². The third kappa shape index (κ3) is 4.23. The highest BCUT2D eigenvalue weighted by Gasteiger charge is 2.23. The summed E-state index contributed by atoms with van der Waals surface area (Å²) in [7, 11) is 7.12. The maximum absolute atomic E-state index is 13.5. The number of likely N-dealkylation sites (N-methyl/N-ethyl adjacent to an activating group) is 1. The molecule has 0 atom stereocenters. The Morgan fingerprint density at radius 3 is 2.57 bits per heavy atom. The second-order valence-electron chi connectivity index (χ2n) is 6.59. The summed E-state index contributed by atoms with van der Waals surface area (Å²) >= 11 is 1.30. The molecule has 2 aromatic carbocycles. The number of rotatable bonds is 7. The fourth-order valence-electron chi connectivity index (χ4n) is 2.75. The van der Waals surface area contributed by atoms with Crippen molar-refractivity contribution in [2.45, 2.75) is 0 Å². The number of halogens is 1. The molecule has 8 heteroatoms. The third-order valence-electron chi connectivity index (χ3n) is 4.28. The zero-order valence-electron chi connectivity index (χ0n) is 16.3. The second kappa shape index (κ2) is 8.53. The Morgan fingerprint density at radius 2 is 1.89 bits per heavy atom. The first-order valence-electron chi connectivity index (χ1n) is 8.82. The van der Waals surface area contributed by atoms with Crippen molar-refractivity contribution >= 4 is 32.6 Å². The zero-order chi connectivity index (χ0) is 20.3. The summed E-state index contributed by atoms with van der Waals surface area (Å²) in [5.74, 6) is 0.525. The Kier molecular flexibility index (Phi) is 6.11. The van der Waals surface area contributed by atoms with Crippen LogP contribution in [0.2, 0.25) is 0 Å². The zero-order valence-corrected chi connectivity index (χ0v) is 17.1. The van der Waals surface area contributed by atoms with Crippen molar-refractivity contribution in [3.05, 3.63) is 47.8 Å². The first-order chi connectivity index (χ1) is 13.4. The number of aromatic nitrogens is 1. The third-order valence-corrected chi connectivity index (χ3v) is 5.32. The first kappa shape index (κ1) is 20.0. The van der Waals surface area contributed by atoms with E-state index in [-0.39, 0.29) is 11.7 Å². The lowest BCUT2D eigenvalue weighted by Crippen LogP contribution is -3.06. The molecule has 1 heterocycles. The van der Waals surface area contributed by atoms with E-state index >= 15 is 0 Å². The summed E-state index contributed by atoms with van der Waals surface area (Å²) in [6.45, 7) is 1.22. The summed E-state index contributed by atoms with van der Waals surface area (Å²) in [4.78, 5) is 20.7. The number of hydrogen-bond donors (Lipinski definition) is 1. The van der Waals surface area contributed by atoms with E-state index in [4.69, 9.17) is 9.47 Å². The van der Waals surface area contributed by atoms with Crippen LogP contribution in [0.3, 0.4) is 0 Å².